The van der Waals surface area contributed by atoms with Crippen LogP contribution in [-0.2, 0) is 11.2 Å². The number of aryl methyl sites for hydroxylation is 1. The molecule has 3 N–H and O–H groups in total. The lowest BCUT2D eigenvalue weighted by Crippen LogP contribution is -1.97. The van der Waals surface area contributed by atoms with Gasteiger partial charge in [-0.1, -0.05) is 0 Å². The second-order valence-corrected chi connectivity index (χ2v) is 2.47. The zero-order valence-corrected chi connectivity index (χ0v) is 7.87. The molecule has 0 atom stereocenters. The second kappa shape index (κ2) is 7.30. The maximum Gasteiger partial charge on any atom is 0.303 e. The highest BCUT2D eigenvalue weighted by Crippen LogP contribution is 1.95. The van der Waals surface area contributed by atoms with E-state index in [1.165, 1.54) is 6.33 Å². The van der Waals surface area contributed by atoms with Crippen LogP contribution >= 0.6 is 0 Å². The van der Waals surface area contributed by atoms with E-state index in [0.717, 1.165) is 5.69 Å². The predicted molar refractivity (Wildman–Crippen MR) is 49.5 cm³/mol. The number of aromatic amines is 1. The van der Waals surface area contributed by atoms with Gasteiger partial charge in [-0.2, -0.15) is 0 Å². The van der Waals surface area contributed by atoms with Crippen LogP contribution in [0.2, 0.25) is 0 Å². The number of imidazole rings is 1. The fraction of sp³-hybridized carbons (Fsp3) is 0.500. The zero-order valence-electron chi connectivity index (χ0n) is 7.87. The Morgan fingerprint density at radius 2 is 2.31 bits per heavy atom. The molecule has 0 bridgehead atoms. The van der Waals surface area contributed by atoms with Gasteiger partial charge in [0.2, 0.25) is 0 Å². The predicted octanol–water partition coefficient (Wildman–Crippen LogP) is 0.262. The highest BCUT2D eigenvalue weighted by molar-refractivity contribution is 5.66. The zero-order chi connectivity index (χ0) is 10.1. The third kappa shape index (κ3) is 7.02. The fourth-order valence-corrected chi connectivity index (χ4v) is 0.663. The molecule has 74 valence electrons. The van der Waals surface area contributed by atoms with Crippen LogP contribution in [0.3, 0.4) is 0 Å². The van der Waals surface area contributed by atoms with Gasteiger partial charge in [-0.15, -0.1) is 0 Å². The van der Waals surface area contributed by atoms with Gasteiger partial charge in [-0.3, -0.25) is 4.79 Å². The highest BCUT2D eigenvalue weighted by Gasteiger charge is 1.98. The first-order valence-corrected chi connectivity index (χ1v) is 3.98. The fourth-order valence-electron chi connectivity index (χ4n) is 0.663. The van der Waals surface area contributed by atoms with Crippen molar-refractivity contribution in [2.75, 3.05) is 14.1 Å². The lowest BCUT2D eigenvalue weighted by Gasteiger charge is -1.89. The molecular formula is C8H15N3O2. The maximum absolute atomic E-state index is 10.1. The number of hydrogen-bond donors (Lipinski definition) is 3. The summed E-state index contributed by atoms with van der Waals surface area (Å²) in [5, 5.41) is 11.0. The van der Waals surface area contributed by atoms with Crippen molar-refractivity contribution in [2.24, 2.45) is 0 Å². The lowest BCUT2D eigenvalue weighted by atomic mass is 10.2. The number of H-pyrrole nitrogens is 1. The smallest absolute Gasteiger partial charge is 0.303 e. The number of rotatable bonds is 3. The number of hydrogen-bond acceptors (Lipinski definition) is 3. The Balaban J connectivity index is 0.000000424. The summed E-state index contributed by atoms with van der Waals surface area (Å²) < 4.78 is 0. The van der Waals surface area contributed by atoms with Crippen molar-refractivity contribution in [3.63, 3.8) is 0 Å². The van der Waals surface area contributed by atoms with E-state index in [2.05, 4.69) is 15.3 Å². The Morgan fingerprint density at radius 3 is 2.69 bits per heavy atom. The van der Waals surface area contributed by atoms with Gasteiger partial charge in [-0.25, -0.2) is 4.98 Å². The topological polar surface area (TPSA) is 78.0 Å². The van der Waals surface area contributed by atoms with Crippen LogP contribution in [0.1, 0.15) is 12.1 Å². The minimum Gasteiger partial charge on any atom is -0.481 e. The van der Waals surface area contributed by atoms with Crippen molar-refractivity contribution in [3.8, 4) is 0 Å². The quantitative estimate of drug-likeness (QED) is 0.631. The number of carbonyl (C=O) groups is 1. The molecule has 0 saturated carbocycles. The van der Waals surface area contributed by atoms with Gasteiger partial charge in [0.1, 0.15) is 0 Å². The first kappa shape index (κ1) is 11.6. The van der Waals surface area contributed by atoms with Crippen molar-refractivity contribution in [1.82, 2.24) is 15.3 Å². The molecule has 0 amide bonds. The molecule has 0 unspecified atom stereocenters. The summed E-state index contributed by atoms with van der Waals surface area (Å²) in [5.74, 6) is -0.783. The van der Waals surface area contributed by atoms with Crippen molar-refractivity contribution in [2.45, 2.75) is 12.8 Å². The first-order chi connectivity index (χ1) is 6.20. The average molecular weight is 185 g/mol. The highest BCUT2D eigenvalue weighted by atomic mass is 16.4. The SMILES string of the molecule is CNC.O=C(O)CCc1cnc[nH]1. The van der Waals surface area contributed by atoms with Crippen molar-refractivity contribution in [1.29, 1.82) is 0 Å². The van der Waals surface area contributed by atoms with Crippen molar-refractivity contribution >= 4 is 5.97 Å². The van der Waals surface area contributed by atoms with Gasteiger partial charge in [0.15, 0.2) is 0 Å². The number of carboxylic acids is 1. The number of aliphatic carboxylic acids is 1. The summed E-state index contributed by atoms with van der Waals surface area (Å²) in [7, 11) is 3.75. The Bertz CT molecular complexity index is 221. The van der Waals surface area contributed by atoms with Gasteiger partial charge in [0.05, 0.1) is 12.7 Å². The monoisotopic (exact) mass is 185 g/mol. The van der Waals surface area contributed by atoms with E-state index in [9.17, 15) is 4.79 Å². The van der Waals surface area contributed by atoms with Gasteiger partial charge >= 0.3 is 5.97 Å². The van der Waals surface area contributed by atoms with Crippen LogP contribution in [0, 0.1) is 0 Å². The minimum absolute atomic E-state index is 0.155. The molecule has 0 spiro atoms. The molecule has 0 saturated heterocycles. The summed E-state index contributed by atoms with van der Waals surface area (Å²) in [6.45, 7) is 0. The maximum atomic E-state index is 10.1. The lowest BCUT2D eigenvalue weighted by molar-refractivity contribution is -0.136. The molecular weight excluding hydrogens is 170 g/mol. The van der Waals surface area contributed by atoms with Gasteiger partial charge in [0.25, 0.3) is 0 Å². The van der Waals surface area contributed by atoms with E-state index in [0.29, 0.717) is 6.42 Å². The largest absolute Gasteiger partial charge is 0.481 e. The van der Waals surface area contributed by atoms with E-state index in [-0.39, 0.29) is 6.42 Å². The van der Waals surface area contributed by atoms with Gasteiger partial charge < -0.3 is 15.4 Å². The van der Waals surface area contributed by atoms with E-state index >= 15 is 0 Å². The summed E-state index contributed by atoms with van der Waals surface area (Å²) >= 11 is 0. The Morgan fingerprint density at radius 1 is 1.69 bits per heavy atom. The molecule has 0 aliphatic carbocycles. The normalized spacial score (nSPS) is 8.77. The molecule has 1 rings (SSSR count). The number of carboxylic acid groups (broad SMARTS) is 1. The molecule has 0 aliphatic heterocycles. The Labute approximate surface area is 77.2 Å². The van der Waals surface area contributed by atoms with Crippen molar-refractivity contribution < 1.29 is 9.90 Å². The van der Waals surface area contributed by atoms with Crippen LogP contribution in [0.4, 0.5) is 0 Å². The van der Waals surface area contributed by atoms with E-state index in [4.69, 9.17) is 5.11 Å². The minimum atomic E-state index is -0.783. The summed E-state index contributed by atoms with van der Waals surface area (Å²) in [4.78, 5) is 16.6. The number of nitrogens with one attached hydrogen (secondary N) is 2. The standard InChI is InChI=1S/C6H8N2O2.C2H7N/c9-6(10)2-1-5-3-7-4-8-5;1-3-2/h3-4H,1-2H2,(H,7,8)(H,9,10);3H,1-2H3. The average Bonchev–Trinajstić information content (AvgIpc) is 2.54. The molecule has 5 nitrogen and oxygen atoms in total. The van der Waals surface area contributed by atoms with Crippen molar-refractivity contribution in [3.05, 3.63) is 18.2 Å². The molecule has 0 fully saturated rings. The van der Waals surface area contributed by atoms with Crippen LogP contribution in [0.5, 0.6) is 0 Å². The Hall–Kier alpha value is -1.36. The molecule has 1 heterocycles. The van der Waals surface area contributed by atoms with Crippen LogP contribution in [0.15, 0.2) is 12.5 Å². The molecule has 5 heteroatoms. The van der Waals surface area contributed by atoms with Gasteiger partial charge in [0, 0.05) is 11.9 Å². The van der Waals surface area contributed by atoms with E-state index in [1.54, 1.807) is 6.20 Å². The van der Waals surface area contributed by atoms with Gasteiger partial charge in [-0.05, 0) is 20.5 Å². The molecule has 0 aromatic carbocycles. The third-order valence-corrected chi connectivity index (χ3v) is 1.16. The molecule has 0 aliphatic rings. The van der Waals surface area contributed by atoms with Crippen LogP contribution in [0.25, 0.3) is 0 Å². The second-order valence-electron chi connectivity index (χ2n) is 2.47. The van der Waals surface area contributed by atoms with Crippen LogP contribution in [-0.4, -0.2) is 35.1 Å². The summed E-state index contributed by atoms with van der Waals surface area (Å²) in [6.07, 6.45) is 3.84. The molecule has 0 radical (unpaired) electrons. The third-order valence-electron chi connectivity index (χ3n) is 1.16. The molecule has 1 aromatic rings. The van der Waals surface area contributed by atoms with Crippen LogP contribution < -0.4 is 5.32 Å². The first-order valence-electron chi connectivity index (χ1n) is 3.98. The summed E-state index contributed by atoms with van der Waals surface area (Å²) in [6, 6.07) is 0. The van der Waals surface area contributed by atoms with E-state index < -0.39 is 5.97 Å². The molecule has 1 aromatic heterocycles. The number of aromatic nitrogens is 2. The number of nitrogens with zero attached hydrogens (tertiary/aromatic N) is 1. The molecule has 13 heavy (non-hydrogen) atoms. The van der Waals surface area contributed by atoms with E-state index in [1.807, 2.05) is 14.1 Å². The Kier molecular flexibility index (Phi) is 6.53. The summed E-state index contributed by atoms with van der Waals surface area (Å²) in [5.41, 5.74) is 0.863.